The lowest BCUT2D eigenvalue weighted by Gasteiger charge is -2.36. The van der Waals surface area contributed by atoms with Gasteiger partial charge in [0.15, 0.2) is 0 Å². The van der Waals surface area contributed by atoms with Crippen LogP contribution in [0.15, 0.2) is 16.6 Å². The maximum absolute atomic E-state index is 6.07. The van der Waals surface area contributed by atoms with Crippen molar-refractivity contribution in [3.63, 3.8) is 0 Å². The minimum Gasteiger partial charge on any atom is -0.397 e. The first kappa shape index (κ1) is 14.9. The fourth-order valence-electron chi connectivity index (χ4n) is 3.55. The normalized spacial score (nSPS) is 23.6. The molecule has 1 heterocycles. The number of fused-ring (bicyclic) bond motifs is 1. The van der Waals surface area contributed by atoms with Gasteiger partial charge in [0.1, 0.15) is 11.3 Å². The summed E-state index contributed by atoms with van der Waals surface area (Å²) in [5, 5.41) is 0. The SMILES string of the molecule is CC(C)(C)C1CCC(c2nc3c(N)cc(Br)cc3[nH]2)CC1. The van der Waals surface area contributed by atoms with Crippen molar-refractivity contribution >= 4 is 32.7 Å². The smallest absolute Gasteiger partial charge is 0.112 e. The summed E-state index contributed by atoms with van der Waals surface area (Å²) < 4.78 is 0.999. The van der Waals surface area contributed by atoms with E-state index in [1.165, 1.54) is 25.7 Å². The van der Waals surface area contributed by atoms with Crippen molar-refractivity contribution in [3.8, 4) is 0 Å². The maximum Gasteiger partial charge on any atom is 0.112 e. The van der Waals surface area contributed by atoms with E-state index in [1.807, 2.05) is 6.07 Å². The van der Waals surface area contributed by atoms with E-state index in [0.717, 1.165) is 32.9 Å². The number of rotatable bonds is 1. The second-order valence-electron chi connectivity index (χ2n) is 7.43. The predicted octanol–water partition coefficient (Wildman–Crippen LogP) is 5.23. The Bertz CT molecular complexity index is 646. The average Bonchev–Trinajstić information content (AvgIpc) is 2.82. The second-order valence-corrected chi connectivity index (χ2v) is 8.34. The molecular weight excluding hydrogens is 326 g/mol. The Balaban J connectivity index is 1.81. The van der Waals surface area contributed by atoms with Gasteiger partial charge < -0.3 is 10.7 Å². The van der Waals surface area contributed by atoms with Crippen LogP contribution >= 0.6 is 15.9 Å². The summed E-state index contributed by atoms with van der Waals surface area (Å²) in [7, 11) is 0. The minimum atomic E-state index is 0.425. The number of benzene rings is 1. The van der Waals surface area contributed by atoms with Crippen molar-refractivity contribution in [1.82, 2.24) is 9.97 Å². The molecule has 3 rings (SSSR count). The van der Waals surface area contributed by atoms with Crippen molar-refractivity contribution in [2.24, 2.45) is 11.3 Å². The molecule has 0 atom stereocenters. The molecule has 1 fully saturated rings. The largest absolute Gasteiger partial charge is 0.397 e. The number of hydrogen-bond donors (Lipinski definition) is 2. The molecule has 21 heavy (non-hydrogen) atoms. The van der Waals surface area contributed by atoms with Gasteiger partial charge in [0.2, 0.25) is 0 Å². The zero-order valence-electron chi connectivity index (χ0n) is 13.0. The van der Waals surface area contributed by atoms with Crippen molar-refractivity contribution in [2.45, 2.75) is 52.4 Å². The number of aromatic nitrogens is 2. The summed E-state index contributed by atoms with van der Waals surface area (Å²) >= 11 is 3.49. The molecule has 1 aromatic carbocycles. The van der Waals surface area contributed by atoms with E-state index < -0.39 is 0 Å². The molecule has 0 saturated heterocycles. The highest BCUT2D eigenvalue weighted by atomic mass is 79.9. The van der Waals surface area contributed by atoms with Crippen LogP contribution in [-0.4, -0.2) is 9.97 Å². The van der Waals surface area contributed by atoms with E-state index in [9.17, 15) is 0 Å². The number of H-pyrrole nitrogens is 1. The molecule has 0 aliphatic heterocycles. The van der Waals surface area contributed by atoms with E-state index in [2.05, 4.69) is 47.8 Å². The van der Waals surface area contributed by atoms with Gasteiger partial charge in [-0.3, -0.25) is 0 Å². The third-order valence-corrected chi connectivity index (χ3v) is 5.40. The number of nitrogens with one attached hydrogen (secondary N) is 1. The number of nitrogens with zero attached hydrogens (tertiary/aromatic N) is 1. The van der Waals surface area contributed by atoms with Gasteiger partial charge in [-0.2, -0.15) is 0 Å². The Morgan fingerprint density at radius 2 is 1.86 bits per heavy atom. The number of nitrogens with two attached hydrogens (primary N) is 1. The highest BCUT2D eigenvalue weighted by Crippen LogP contribution is 2.43. The zero-order chi connectivity index (χ0) is 15.2. The Labute approximate surface area is 134 Å². The lowest BCUT2D eigenvalue weighted by atomic mass is 9.70. The van der Waals surface area contributed by atoms with Crippen LogP contribution in [0, 0.1) is 11.3 Å². The molecule has 0 bridgehead atoms. The summed E-state index contributed by atoms with van der Waals surface area (Å²) in [4.78, 5) is 8.24. The van der Waals surface area contributed by atoms with Crippen molar-refractivity contribution in [2.75, 3.05) is 5.73 Å². The highest BCUT2D eigenvalue weighted by molar-refractivity contribution is 9.10. The highest BCUT2D eigenvalue weighted by Gasteiger charge is 2.31. The first-order chi connectivity index (χ1) is 9.84. The van der Waals surface area contributed by atoms with Gasteiger partial charge in [0, 0.05) is 10.4 Å². The van der Waals surface area contributed by atoms with Crippen LogP contribution in [0.2, 0.25) is 0 Å². The van der Waals surface area contributed by atoms with Gasteiger partial charge in [0.25, 0.3) is 0 Å². The van der Waals surface area contributed by atoms with Crippen molar-refractivity contribution in [1.29, 1.82) is 0 Å². The lowest BCUT2D eigenvalue weighted by molar-refractivity contribution is 0.167. The first-order valence-corrected chi connectivity index (χ1v) is 8.58. The summed E-state index contributed by atoms with van der Waals surface area (Å²) in [6.07, 6.45) is 5.04. The molecule has 114 valence electrons. The van der Waals surface area contributed by atoms with E-state index in [4.69, 9.17) is 10.7 Å². The molecule has 0 unspecified atom stereocenters. The minimum absolute atomic E-state index is 0.425. The molecule has 0 radical (unpaired) electrons. The molecule has 1 aliphatic carbocycles. The summed E-state index contributed by atoms with van der Waals surface area (Å²) in [6, 6.07) is 3.98. The fraction of sp³-hybridized carbons (Fsp3) is 0.588. The van der Waals surface area contributed by atoms with Crippen molar-refractivity contribution < 1.29 is 0 Å². The molecule has 3 N–H and O–H groups in total. The molecule has 2 aromatic rings. The van der Waals surface area contributed by atoms with Crippen LogP contribution in [0.4, 0.5) is 5.69 Å². The molecule has 1 aliphatic rings. The first-order valence-electron chi connectivity index (χ1n) is 7.79. The number of nitrogen functional groups attached to an aromatic ring is 1. The van der Waals surface area contributed by atoms with Gasteiger partial charge in [-0.15, -0.1) is 0 Å². The quantitative estimate of drug-likeness (QED) is 0.692. The fourth-order valence-corrected chi connectivity index (χ4v) is 4.03. The molecular formula is C17H24BrN3. The Hall–Kier alpha value is -1.03. The Kier molecular flexibility index (Phi) is 3.76. The van der Waals surface area contributed by atoms with Crippen LogP contribution in [0.25, 0.3) is 11.0 Å². The van der Waals surface area contributed by atoms with Crippen LogP contribution in [0.1, 0.15) is 58.2 Å². The van der Waals surface area contributed by atoms with Crippen LogP contribution in [0.3, 0.4) is 0 Å². The molecule has 0 spiro atoms. The average molecular weight is 350 g/mol. The van der Waals surface area contributed by atoms with E-state index >= 15 is 0 Å². The molecule has 0 amide bonds. The summed E-state index contributed by atoms with van der Waals surface area (Å²) in [5.74, 6) is 2.49. The summed E-state index contributed by atoms with van der Waals surface area (Å²) in [6.45, 7) is 7.08. The van der Waals surface area contributed by atoms with Crippen LogP contribution < -0.4 is 5.73 Å². The standard InChI is InChI=1S/C17H24BrN3/c1-17(2,3)11-6-4-10(5-7-11)16-20-14-9-12(18)8-13(19)15(14)21-16/h8-11H,4-7,19H2,1-3H3,(H,20,21). The lowest BCUT2D eigenvalue weighted by Crippen LogP contribution is -2.25. The number of aromatic amines is 1. The van der Waals surface area contributed by atoms with Gasteiger partial charge in [0.05, 0.1) is 11.2 Å². The van der Waals surface area contributed by atoms with E-state index in [-0.39, 0.29) is 0 Å². The van der Waals surface area contributed by atoms with Crippen molar-refractivity contribution in [3.05, 3.63) is 22.4 Å². The summed E-state index contributed by atoms with van der Waals surface area (Å²) in [5.41, 5.74) is 9.18. The van der Waals surface area contributed by atoms with E-state index in [0.29, 0.717) is 11.3 Å². The number of imidazole rings is 1. The number of anilines is 1. The Morgan fingerprint density at radius 1 is 1.19 bits per heavy atom. The number of hydrogen-bond acceptors (Lipinski definition) is 2. The second kappa shape index (κ2) is 5.31. The monoisotopic (exact) mass is 349 g/mol. The molecule has 4 heteroatoms. The number of halogens is 1. The van der Waals surface area contributed by atoms with Gasteiger partial charge >= 0.3 is 0 Å². The van der Waals surface area contributed by atoms with Crippen LogP contribution in [0.5, 0.6) is 0 Å². The molecule has 1 aromatic heterocycles. The zero-order valence-corrected chi connectivity index (χ0v) is 14.6. The molecule has 3 nitrogen and oxygen atoms in total. The van der Waals surface area contributed by atoms with Gasteiger partial charge in [-0.25, -0.2) is 4.98 Å². The van der Waals surface area contributed by atoms with Gasteiger partial charge in [-0.1, -0.05) is 36.7 Å². The third-order valence-electron chi connectivity index (χ3n) is 4.94. The maximum atomic E-state index is 6.07. The van der Waals surface area contributed by atoms with E-state index in [1.54, 1.807) is 0 Å². The van der Waals surface area contributed by atoms with Gasteiger partial charge in [-0.05, 0) is 49.1 Å². The topological polar surface area (TPSA) is 54.7 Å². The molecule has 1 saturated carbocycles. The third kappa shape index (κ3) is 2.96. The Morgan fingerprint density at radius 3 is 2.48 bits per heavy atom. The predicted molar refractivity (Wildman–Crippen MR) is 92.4 cm³/mol. The van der Waals surface area contributed by atoms with Crippen LogP contribution in [-0.2, 0) is 0 Å².